The lowest BCUT2D eigenvalue weighted by Crippen LogP contribution is -2.45. The molecule has 0 radical (unpaired) electrons. The number of amides is 1. The highest BCUT2D eigenvalue weighted by molar-refractivity contribution is 5.73. The summed E-state index contributed by atoms with van der Waals surface area (Å²) in [6.45, 7) is 6.54. The van der Waals surface area contributed by atoms with Crippen molar-refractivity contribution in [1.82, 2.24) is 25.1 Å². The smallest absolute Gasteiger partial charge is 0.217 e. The van der Waals surface area contributed by atoms with E-state index < -0.39 is 0 Å². The summed E-state index contributed by atoms with van der Waals surface area (Å²) in [5.74, 6) is 0.831. The van der Waals surface area contributed by atoms with Gasteiger partial charge in [-0.2, -0.15) is 0 Å². The van der Waals surface area contributed by atoms with E-state index in [0.717, 1.165) is 43.9 Å². The zero-order valence-corrected chi connectivity index (χ0v) is 19.1. The molecule has 2 fully saturated rings. The third kappa shape index (κ3) is 4.20. The fourth-order valence-electron chi connectivity index (χ4n) is 6.34. The highest BCUT2D eigenvalue weighted by Crippen LogP contribution is 2.42. The van der Waals surface area contributed by atoms with Crippen molar-refractivity contribution in [2.24, 2.45) is 0 Å². The van der Waals surface area contributed by atoms with E-state index >= 15 is 0 Å². The Bertz CT molecular complexity index is 975. The molecular formula is C25H34FN5O. The number of imidazole rings is 1. The summed E-state index contributed by atoms with van der Waals surface area (Å²) in [5.41, 5.74) is 3.52. The molecule has 0 spiro atoms. The largest absolute Gasteiger partial charge is 0.349 e. The molecule has 4 atom stereocenters. The van der Waals surface area contributed by atoms with Crippen molar-refractivity contribution in [3.8, 4) is 0 Å². The van der Waals surface area contributed by atoms with E-state index in [1.165, 1.54) is 50.1 Å². The molecule has 4 heterocycles. The number of piperidine rings is 1. The highest BCUT2D eigenvalue weighted by atomic mass is 19.1. The first-order valence-corrected chi connectivity index (χ1v) is 12.0. The third-order valence-corrected chi connectivity index (χ3v) is 7.63. The standard InChI is InChI=1S/C25H34FN5O/c1-16-28-24-15-27-10-8-25(24)31(16)22-13-20-6-7-21(14-22)30(20)11-9-23(29-17(2)32)18-4-3-5-19(26)12-18/h3-5,12,20-23,27H,6-11,13-15H2,1-2H3,(H,29,32)/t20-,21+,22+,23-/m0/s1. The molecule has 0 saturated carbocycles. The minimum Gasteiger partial charge on any atom is -0.349 e. The fraction of sp³-hybridized carbons (Fsp3) is 0.600. The van der Waals surface area contributed by atoms with Crippen LogP contribution >= 0.6 is 0 Å². The van der Waals surface area contributed by atoms with Gasteiger partial charge >= 0.3 is 0 Å². The second-order valence-electron chi connectivity index (χ2n) is 9.69. The van der Waals surface area contributed by atoms with Gasteiger partial charge < -0.3 is 15.2 Å². The van der Waals surface area contributed by atoms with Crippen LogP contribution in [0.25, 0.3) is 0 Å². The van der Waals surface area contributed by atoms with Gasteiger partial charge in [0.15, 0.2) is 0 Å². The SMILES string of the molecule is CC(=O)N[C@@H](CCN1[C@@H]2CC[C@H]1C[C@@H](n1c(C)nc3c1CCNC3)C2)c1cccc(F)c1. The zero-order chi connectivity index (χ0) is 22.2. The molecule has 0 unspecified atom stereocenters. The van der Waals surface area contributed by atoms with Crippen molar-refractivity contribution in [2.75, 3.05) is 13.1 Å². The maximum atomic E-state index is 13.8. The number of fused-ring (bicyclic) bond motifs is 3. The van der Waals surface area contributed by atoms with Gasteiger partial charge in [0.25, 0.3) is 0 Å². The van der Waals surface area contributed by atoms with Crippen LogP contribution < -0.4 is 10.6 Å². The first-order valence-electron chi connectivity index (χ1n) is 12.0. The number of aryl methyl sites for hydroxylation is 1. The monoisotopic (exact) mass is 439 g/mol. The van der Waals surface area contributed by atoms with Gasteiger partial charge in [0.1, 0.15) is 11.6 Å². The number of nitrogens with zero attached hydrogens (tertiary/aromatic N) is 3. The molecule has 6 nitrogen and oxygen atoms in total. The minimum absolute atomic E-state index is 0.0733. The van der Waals surface area contributed by atoms with Gasteiger partial charge in [-0.1, -0.05) is 12.1 Å². The van der Waals surface area contributed by atoms with Crippen LogP contribution in [0.4, 0.5) is 4.39 Å². The Hall–Kier alpha value is -2.25. The fourth-order valence-corrected chi connectivity index (χ4v) is 6.34. The number of hydrogen-bond donors (Lipinski definition) is 2. The maximum Gasteiger partial charge on any atom is 0.217 e. The van der Waals surface area contributed by atoms with Crippen LogP contribution in [0.5, 0.6) is 0 Å². The maximum absolute atomic E-state index is 13.8. The van der Waals surface area contributed by atoms with E-state index in [1.807, 2.05) is 6.07 Å². The van der Waals surface area contributed by atoms with Crippen molar-refractivity contribution in [1.29, 1.82) is 0 Å². The minimum atomic E-state index is -0.257. The summed E-state index contributed by atoms with van der Waals surface area (Å²) in [5, 5.41) is 6.48. The van der Waals surface area contributed by atoms with Gasteiger partial charge in [-0.25, -0.2) is 9.37 Å². The molecule has 1 amide bonds. The summed E-state index contributed by atoms with van der Waals surface area (Å²) in [6, 6.07) is 8.14. The van der Waals surface area contributed by atoms with Gasteiger partial charge in [-0.3, -0.25) is 9.69 Å². The van der Waals surface area contributed by atoms with E-state index in [9.17, 15) is 9.18 Å². The first kappa shape index (κ1) is 21.6. The second kappa shape index (κ2) is 8.94. The predicted octanol–water partition coefficient (Wildman–Crippen LogP) is 3.41. The van der Waals surface area contributed by atoms with Gasteiger partial charge in [0.05, 0.1) is 11.7 Å². The van der Waals surface area contributed by atoms with Gasteiger partial charge in [0.2, 0.25) is 5.91 Å². The van der Waals surface area contributed by atoms with E-state index in [4.69, 9.17) is 4.98 Å². The van der Waals surface area contributed by atoms with Gasteiger partial charge in [0, 0.05) is 56.8 Å². The molecule has 2 bridgehead atoms. The van der Waals surface area contributed by atoms with Crippen LogP contribution in [0.2, 0.25) is 0 Å². The van der Waals surface area contributed by atoms with Gasteiger partial charge in [-0.15, -0.1) is 0 Å². The lowest BCUT2D eigenvalue weighted by atomic mass is 9.95. The van der Waals surface area contributed by atoms with Crippen molar-refractivity contribution in [3.63, 3.8) is 0 Å². The molecule has 1 aromatic carbocycles. The number of halogens is 1. The molecule has 172 valence electrons. The Kier molecular flexibility index (Phi) is 6.03. The van der Waals surface area contributed by atoms with Crippen molar-refractivity contribution >= 4 is 5.91 Å². The van der Waals surface area contributed by atoms with E-state index in [2.05, 4.69) is 27.0 Å². The quantitative estimate of drug-likeness (QED) is 0.724. The summed E-state index contributed by atoms with van der Waals surface area (Å²) >= 11 is 0. The van der Waals surface area contributed by atoms with Crippen molar-refractivity contribution in [2.45, 2.75) is 83.1 Å². The molecule has 2 N–H and O–H groups in total. The lowest BCUT2D eigenvalue weighted by molar-refractivity contribution is -0.119. The summed E-state index contributed by atoms with van der Waals surface area (Å²) in [4.78, 5) is 19.3. The van der Waals surface area contributed by atoms with Crippen LogP contribution in [0, 0.1) is 12.7 Å². The topological polar surface area (TPSA) is 62.2 Å². The molecule has 3 aliphatic heterocycles. The predicted molar refractivity (Wildman–Crippen MR) is 122 cm³/mol. The number of aromatic nitrogens is 2. The molecule has 32 heavy (non-hydrogen) atoms. The van der Waals surface area contributed by atoms with Gasteiger partial charge in [-0.05, 0) is 56.7 Å². The number of hydrogen-bond acceptors (Lipinski definition) is 4. The average Bonchev–Trinajstić information content (AvgIpc) is 3.22. The van der Waals surface area contributed by atoms with Crippen LogP contribution in [-0.4, -0.2) is 45.5 Å². The molecule has 3 aliphatic rings. The highest BCUT2D eigenvalue weighted by Gasteiger charge is 2.42. The van der Waals surface area contributed by atoms with Crippen LogP contribution in [0.1, 0.15) is 73.9 Å². The summed E-state index contributed by atoms with van der Waals surface area (Å²) < 4.78 is 16.3. The average molecular weight is 440 g/mol. The Morgan fingerprint density at radius 2 is 2.06 bits per heavy atom. The number of carbonyl (C=O) groups is 1. The third-order valence-electron chi connectivity index (χ3n) is 7.63. The molecule has 2 saturated heterocycles. The van der Waals surface area contributed by atoms with E-state index in [-0.39, 0.29) is 17.8 Å². The Morgan fingerprint density at radius 3 is 2.78 bits per heavy atom. The number of benzene rings is 1. The number of carbonyl (C=O) groups excluding carboxylic acids is 1. The molecule has 1 aromatic heterocycles. The van der Waals surface area contributed by atoms with Crippen LogP contribution in [0.15, 0.2) is 24.3 Å². The van der Waals surface area contributed by atoms with Crippen LogP contribution in [0.3, 0.4) is 0 Å². The Morgan fingerprint density at radius 1 is 1.28 bits per heavy atom. The van der Waals surface area contributed by atoms with Crippen molar-refractivity contribution < 1.29 is 9.18 Å². The molecular weight excluding hydrogens is 405 g/mol. The first-order chi connectivity index (χ1) is 15.5. The zero-order valence-electron chi connectivity index (χ0n) is 19.1. The number of nitrogens with one attached hydrogen (secondary N) is 2. The molecule has 5 rings (SSSR count). The summed E-state index contributed by atoms with van der Waals surface area (Å²) in [7, 11) is 0. The second-order valence-corrected chi connectivity index (χ2v) is 9.69. The van der Waals surface area contributed by atoms with E-state index in [0.29, 0.717) is 18.1 Å². The number of rotatable bonds is 6. The van der Waals surface area contributed by atoms with Crippen LogP contribution in [-0.2, 0) is 17.8 Å². The molecule has 2 aromatic rings. The van der Waals surface area contributed by atoms with E-state index in [1.54, 1.807) is 12.1 Å². The normalized spacial score (nSPS) is 26.0. The lowest BCUT2D eigenvalue weighted by Gasteiger charge is -2.41. The molecule has 7 heteroatoms. The Balaban J connectivity index is 1.28. The van der Waals surface area contributed by atoms with Crippen molar-refractivity contribution in [3.05, 3.63) is 52.9 Å². The summed E-state index contributed by atoms with van der Waals surface area (Å²) in [6.07, 6.45) is 6.67. The Labute approximate surface area is 189 Å². The molecule has 0 aliphatic carbocycles.